The summed E-state index contributed by atoms with van der Waals surface area (Å²) in [6.45, 7) is 7.92. The van der Waals surface area contributed by atoms with E-state index in [1.54, 1.807) is 0 Å². The summed E-state index contributed by atoms with van der Waals surface area (Å²) in [6, 6.07) is 6.06. The first-order chi connectivity index (χ1) is 10.6. The lowest BCUT2D eigenvalue weighted by Gasteiger charge is -2.35. The number of piperazine rings is 1. The summed E-state index contributed by atoms with van der Waals surface area (Å²) in [7, 11) is 4.27. The zero-order valence-corrected chi connectivity index (χ0v) is 14.2. The molecule has 0 spiro atoms. The Kier molecular flexibility index (Phi) is 5.03. The summed E-state index contributed by atoms with van der Waals surface area (Å²) >= 11 is 6.13. The molecule has 1 N–H and O–H groups in total. The summed E-state index contributed by atoms with van der Waals surface area (Å²) in [4.78, 5) is 10.7. The molecule has 4 nitrogen and oxygen atoms in total. The molecule has 1 aliphatic rings. The number of aromatic amines is 1. The number of benzene rings is 1. The molecule has 1 saturated heterocycles. The fourth-order valence-electron chi connectivity index (χ4n) is 3.03. The van der Waals surface area contributed by atoms with E-state index < -0.39 is 0 Å². The Bertz CT molecular complexity index is 614. The molecule has 22 heavy (non-hydrogen) atoms. The fourth-order valence-corrected chi connectivity index (χ4v) is 3.21. The molecule has 1 aromatic heterocycles. The van der Waals surface area contributed by atoms with Crippen molar-refractivity contribution in [1.29, 1.82) is 0 Å². The van der Waals surface area contributed by atoms with E-state index >= 15 is 0 Å². The van der Waals surface area contributed by atoms with Gasteiger partial charge in [0.05, 0.1) is 0 Å². The molecule has 0 radical (unpaired) electrons. The topological polar surface area (TPSA) is 25.5 Å². The maximum atomic E-state index is 6.13. The first-order valence-electron chi connectivity index (χ1n) is 7.97. The molecule has 0 bridgehead atoms. The second-order valence-corrected chi connectivity index (χ2v) is 6.86. The number of H-pyrrole nitrogens is 1. The van der Waals surface area contributed by atoms with Gasteiger partial charge in [0.1, 0.15) is 0 Å². The van der Waals surface area contributed by atoms with Crippen LogP contribution in [0.2, 0.25) is 5.02 Å². The quantitative estimate of drug-likeness (QED) is 0.916. The third-order valence-electron chi connectivity index (χ3n) is 4.45. The summed E-state index contributed by atoms with van der Waals surface area (Å²) in [6.07, 6.45) is 2.12. The van der Waals surface area contributed by atoms with Gasteiger partial charge in [-0.25, -0.2) is 0 Å². The highest BCUT2D eigenvalue weighted by molar-refractivity contribution is 6.31. The first-order valence-corrected chi connectivity index (χ1v) is 8.34. The van der Waals surface area contributed by atoms with Gasteiger partial charge in [-0.2, -0.15) is 0 Å². The van der Waals surface area contributed by atoms with Crippen LogP contribution in [0, 0.1) is 0 Å². The lowest BCUT2D eigenvalue weighted by molar-refractivity contribution is 0.121. The molecule has 120 valence electrons. The average Bonchev–Trinajstić information content (AvgIpc) is 2.89. The SMILES string of the molecule is CN(C)CCN1CCN(Cc2c[nH]c3ccc(Cl)cc23)CC1. The normalized spacial score (nSPS) is 17.6. The van der Waals surface area contributed by atoms with Crippen molar-refractivity contribution in [2.75, 3.05) is 53.4 Å². The van der Waals surface area contributed by atoms with Crippen LogP contribution in [-0.4, -0.2) is 73.0 Å². The number of nitrogens with zero attached hydrogens (tertiary/aromatic N) is 3. The number of hydrogen-bond acceptors (Lipinski definition) is 3. The highest BCUT2D eigenvalue weighted by Gasteiger charge is 2.18. The number of nitrogens with one attached hydrogen (secondary N) is 1. The molecule has 0 unspecified atom stereocenters. The lowest BCUT2D eigenvalue weighted by Crippen LogP contribution is -2.47. The molecule has 0 aliphatic carbocycles. The predicted molar refractivity (Wildman–Crippen MR) is 93.6 cm³/mol. The van der Waals surface area contributed by atoms with Crippen molar-refractivity contribution in [2.45, 2.75) is 6.54 Å². The van der Waals surface area contributed by atoms with Crippen molar-refractivity contribution in [2.24, 2.45) is 0 Å². The second-order valence-electron chi connectivity index (χ2n) is 6.42. The van der Waals surface area contributed by atoms with Crippen LogP contribution in [0.1, 0.15) is 5.56 Å². The third kappa shape index (κ3) is 3.82. The first kappa shape index (κ1) is 15.8. The lowest BCUT2D eigenvalue weighted by atomic mass is 10.1. The van der Waals surface area contributed by atoms with Gasteiger partial charge in [0, 0.05) is 67.9 Å². The van der Waals surface area contributed by atoms with Crippen molar-refractivity contribution in [3.63, 3.8) is 0 Å². The van der Waals surface area contributed by atoms with E-state index in [0.29, 0.717) is 0 Å². The molecule has 5 heteroatoms. The van der Waals surface area contributed by atoms with Crippen LogP contribution in [0.25, 0.3) is 10.9 Å². The van der Waals surface area contributed by atoms with Crippen molar-refractivity contribution in [1.82, 2.24) is 19.7 Å². The van der Waals surface area contributed by atoms with E-state index in [1.807, 2.05) is 6.07 Å². The Morgan fingerprint density at radius 3 is 2.59 bits per heavy atom. The number of hydrogen-bond donors (Lipinski definition) is 1. The summed E-state index contributed by atoms with van der Waals surface area (Å²) in [5.41, 5.74) is 2.52. The smallest absolute Gasteiger partial charge is 0.0458 e. The van der Waals surface area contributed by atoms with Crippen LogP contribution in [0.3, 0.4) is 0 Å². The monoisotopic (exact) mass is 320 g/mol. The van der Waals surface area contributed by atoms with Gasteiger partial charge in [-0.1, -0.05) is 11.6 Å². The molecule has 0 atom stereocenters. The van der Waals surface area contributed by atoms with Crippen molar-refractivity contribution < 1.29 is 0 Å². The molecule has 1 aromatic carbocycles. The van der Waals surface area contributed by atoms with E-state index in [1.165, 1.54) is 23.0 Å². The number of fused-ring (bicyclic) bond motifs is 1. The molecule has 3 rings (SSSR count). The highest BCUT2D eigenvalue weighted by Crippen LogP contribution is 2.23. The predicted octanol–water partition coefficient (Wildman–Crippen LogP) is 2.50. The van der Waals surface area contributed by atoms with Crippen LogP contribution < -0.4 is 0 Å². The molecule has 0 amide bonds. The van der Waals surface area contributed by atoms with Gasteiger partial charge in [0.15, 0.2) is 0 Å². The number of aromatic nitrogens is 1. The Balaban J connectivity index is 1.57. The van der Waals surface area contributed by atoms with Crippen molar-refractivity contribution in [3.8, 4) is 0 Å². The zero-order valence-electron chi connectivity index (χ0n) is 13.5. The Labute approximate surface area is 137 Å². The van der Waals surface area contributed by atoms with E-state index in [0.717, 1.165) is 44.3 Å². The maximum Gasteiger partial charge on any atom is 0.0458 e. The van der Waals surface area contributed by atoms with Gasteiger partial charge < -0.3 is 9.88 Å². The van der Waals surface area contributed by atoms with Gasteiger partial charge in [-0.15, -0.1) is 0 Å². The van der Waals surface area contributed by atoms with Gasteiger partial charge in [-0.05, 0) is 37.9 Å². The molecule has 1 aliphatic heterocycles. The van der Waals surface area contributed by atoms with E-state index in [4.69, 9.17) is 11.6 Å². The van der Waals surface area contributed by atoms with E-state index in [-0.39, 0.29) is 0 Å². The van der Waals surface area contributed by atoms with E-state index in [2.05, 4.69) is 52.1 Å². The number of halogens is 1. The molecule has 1 fully saturated rings. The van der Waals surface area contributed by atoms with Crippen LogP contribution >= 0.6 is 11.6 Å². The highest BCUT2D eigenvalue weighted by atomic mass is 35.5. The maximum absolute atomic E-state index is 6.13. The second kappa shape index (κ2) is 7.01. The summed E-state index contributed by atoms with van der Waals surface area (Å²) in [5.74, 6) is 0. The van der Waals surface area contributed by atoms with Crippen molar-refractivity contribution >= 4 is 22.5 Å². The molecular formula is C17H25ClN4. The largest absolute Gasteiger partial charge is 0.361 e. The molecular weight excluding hydrogens is 296 g/mol. The van der Waals surface area contributed by atoms with Crippen LogP contribution in [0.5, 0.6) is 0 Å². The standard InChI is InChI=1S/C17H25ClN4/c1-20(2)5-6-21-7-9-22(10-8-21)13-14-12-19-17-4-3-15(18)11-16(14)17/h3-4,11-12,19H,5-10,13H2,1-2H3. The van der Waals surface area contributed by atoms with Crippen LogP contribution in [-0.2, 0) is 6.54 Å². The zero-order chi connectivity index (χ0) is 15.5. The van der Waals surface area contributed by atoms with Crippen LogP contribution in [0.15, 0.2) is 24.4 Å². The molecule has 0 saturated carbocycles. The number of likely N-dealkylation sites (N-methyl/N-ethyl adjacent to an activating group) is 1. The minimum Gasteiger partial charge on any atom is -0.361 e. The summed E-state index contributed by atoms with van der Waals surface area (Å²) < 4.78 is 0. The average molecular weight is 321 g/mol. The minimum atomic E-state index is 0.807. The van der Waals surface area contributed by atoms with Gasteiger partial charge in [0.2, 0.25) is 0 Å². The Morgan fingerprint density at radius 1 is 1.14 bits per heavy atom. The summed E-state index contributed by atoms with van der Waals surface area (Å²) in [5, 5.41) is 2.06. The third-order valence-corrected chi connectivity index (χ3v) is 4.69. The fraction of sp³-hybridized carbons (Fsp3) is 0.529. The van der Waals surface area contributed by atoms with Gasteiger partial charge >= 0.3 is 0 Å². The molecule has 2 aromatic rings. The Hall–Kier alpha value is -1.07. The van der Waals surface area contributed by atoms with Crippen molar-refractivity contribution in [3.05, 3.63) is 35.0 Å². The van der Waals surface area contributed by atoms with Gasteiger partial charge in [-0.3, -0.25) is 9.80 Å². The van der Waals surface area contributed by atoms with Crippen LogP contribution in [0.4, 0.5) is 0 Å². The minimum absolute atomic E-state index is 0.807. The molecule has 2 heterocycles. The van der Waals surface area contributed by atoms with E-state index in [9.17, 15) is 0 Å². The van der Waals surface area contributed by atoms with Gasteiger partial charge in [0.25, 0.3) is 0 Å². The number of rotatable bonds is 5. The Morgan fingerprint density at radius 2 is 1.86 bits per heavy atom.